The molecule has 0 saturated heterocycles. The molecule has 0 unspecified atom stereocenters. The number of hydrogen-bond donors (Lipinski definition) is 0. The lowest BCUT2D eigenvalue weighted by Crippen LogP contribution is -2.15. The zero-order valence-electron chi connectivity index (χ0n) is 49.8. The van der Waals surface area contributed by atoms with E-state index in [-0.39, 0.29) is 10.8 Å². The highest BCUT2D eigenvalue weighted by molar-refractivity contribution is 6.12. The van der Waals surface area contributed by atoms with E-state index >= 15 is 0 Å². The summed E-state index contributed by atoms with van der Waals surface area (Å²) in [4.78, 5) is 0. The van der Waals surface area contributed by atoms with Crippen molar-refractivity contribution in [2.45, 2.75) is 38.5 Å². The van der Waals surface area contributed by atoms with Crippen molar-refractivity contribution in [2.75, 3.05) is 0 Å². The third-order valence-corrected chi connectivity index (χ3v) is 19.6. The summed E-state index contributed by atoms with van der Waals surface area (Å²) in [5, 5.41) is 5.05. The van der Waals surface area contributed by atoms with Crippen LogP contribution in [0.5, 0.6) is 0 Å². The van der Waals surface area contributed by atoms with Gasteiger partial charge in [-0.15, -0.1) is 0 Å². The van der Waals surface area contributed by atoms with Gasteiger partial charge in [0, 0.05) is 43.7 Å². The molecule has 0 radical (unpaired) electrons. The first kappa shape index (κ1) is 51.6. The molecular formula is C86H62N2. The van der Waals surface area contributed by atoms with Crippen LogP contribution in [0.15, 0.2) is 291 Å². The summed E-state index contributed by atoms with van der Waals surface area (Å²) < 4.78 is 4.78. The van der Waals surface area contributed by atoms with Crippen molar-refractivity contribution < 1.29 is 0 Å². The normalized spacial score (nSPS) is 13.6. The molecule has 2 heteroatoms. The Morgan fingerprint density at radius 2 is 0.511 bits per heavy atom. The molecule has 0 fully saturated rings. The molecule has 0 saturated carbocycles. The molecule has 0 atom stereocenters. The molecule has 2 nitrogen and oxygen atoms in total. The molecular weight excluding hydrogens is 1060 g/mol. The maximum atomic E-state index is 2.47. The van der Waals surface area contributed by atoms with Crippen molar-refractivity contribution in [3.05, 3.63) is 325 Å². The highest BCUT2D eigenvalue weighted by Crippen LogP contribution is 2.54. The van der Waals surface area contributed by atoms with Crippen molar-refractivity contribution in [1.29, 1.82) is 0 Å². The highest BCUT2D eigenvalue weighted by atomic mass is 15.0. The van der Waals surface area contributed by atoms with Crippen LogP contribution in [-0.4, -0.2) is 9.13 Å². The number of aromatic nitrogens is 2. The summed E-state index contributed by atoms with van der Waals surface area (Å²) in [6.45, 7) is 9.61. The summed E-state index contributed by atoms with van der Waals surface area (Å²) in [7, 11) is 0. The molecule has 2 aliphatic rings. The first-order valence-corrected chi connectivity index (χ1v) is 30.9. The van der Waals surface area contributed by atoms with Gasteiger partial charge in [0.15, 0.2) is 0 Å². The minimum absolute atomic E-state index is 0.168. The second-order valence-corrected chi connectivity index (χ2v) is 25.3. The average molecular weight is 1120 g/mol. The van der Waals surface area contributed by atoms with E-state index in [1.54, 1.807) is 0 Å². The standard InChI is InChI=1S/C86H62N2/c1-85(2)77-51-63(60-31-27-56(28-32-60)24-23-55-25-29-59(30-26-55)61-39-47-83-75(49-61)73-19-11-13-21-81(73)87(83)67-17-9-6-10-18-67)35-43-69(77)71-45-37-65(53-79(71)85)66-38-46-72-70-44-36-64(52-78(70)86(3,4)80(72)54-66)62-40-48-84-76(50-62)74-20-12-14-22-82(74)88(84)68-41-33-58(34-42-68)57-15-7-5-8-16-57/h5-54H,1-4H3/b24-23+. The summed E-state index contributed by atoms with van der Waals surface area (Å²) in [6, 6.07) is 108. The van der Waals surface area contributed by atoms with Crippen molar-refractivity contribution in [1.82, 2.24) is 9.13 Å². The summed E-state index contributed by atoms with van der Waals surface area (Å²) in [5.74, 6) is 0. The molecule has 416 valence electrons. The zero-order chi connectivity index (χ0) is 58.8. The van der Waals surface area contributed by atoms with Gasteiger partial charge in [-0.05, 0) is 196 Å². The van der Waals surface area contributed by atoms with Crippen molar-refractivity contribution in [3.8, 4) is 89.3 Å². The van der Waals surface area contributed by atoms with Crippen LogP contribution in [0.25, 0.3) is 145 Å². The van der Waals surface area contributed by atoms with Gasteiger partial charge in [0.1, 0.15) is 0 Å². The molecule has 2 heterocycles. The van der Waals surface area contributed by atoms with Crippen LogP contribution in [-0.2, 0) is 10.8 Å². The fourth-order valence-corrected chi connectivity index (χ4v) is 14.8. The highest BCUT2D eigenvalue weighted by Gasteiger charge is 2.38. The molecule has 2 aromatic heterocycles. The summed E-state index contributed by atoms with van der Waals surface area (Å²) >= 11 is 0. The van der Waals surface area contributed by atoms with Gasteiger partial charge in [-0.25, -0.2) is 0 Å². The molecule has 0 N–H and O–H groups in total. The number of nitrogens with zero attached hydrogens (tertiary/aromatic N) is 2. The van der Waals surface area contributed by atoms with Gasteiger partial charge < -0.3 is 9.13 Å². The predicted molar refractivity (Wildman–Crippen MR) is 373 cm³/mol. The lowest BCUT2D eigenvalue weighted by Gasteiger charge is -2.24. The van der Waals surface area contributed by atoms with Crippen LogP contribution in [0.1, 0.15) is 61.1 Å². The molecule has 0 aliphatic heterocycles. The lowest BCUT2D eigenvalue weighted by molar-refractivity contribution is 0.660. The zero-order valence-corrected chi connectivity index (χ0v) is 49.8. The molecule has 13 aromatic carbocycles. The Hall–Kier alpha value is -10.8. The van der Waals surface area contributed by atoms with Crippen LogP contribution in [0.3, 0.4) is 0 Å². The van der Waals surface area contributed by atoms with Gasteiger partial charge in [0.25, 0.3) is 0 Å². The van der Waals surface area contributed by atoms with Crippen LogP contribution in [0.2, 0.25) is 0 Å². The van der Waals surface area contributed by atoms with Crippen LogP contribution >= 0.6 is 0 Å². The topological polar surface area (TPSA) is 9.86 Å². The SMILES string of the molecule is CC1(C)c2cc(-c3ccc(/C=C/c4ccc(-c5ccc6c(c5)c5ccccc5n6-c5ccccc5)cc4)cc3)ccc2-c2ccc(-c3ccc4c(c3)C(C)(C)c3cc(-c5ccc6c(c5)c5ccccc5n6-c5ccc(-c6ccccc6)cc5)ccc3-4)cc21. The number of para-hydroxylation sites is 3. The lowest BCUT2D eigenvalue weighted by atomic mass is 9.79. The first-order chi connectivity index (χ1) is 43.1. The van der Waals surface area contributed by atoms with E-state index in [0.29, 0.717) is 0 Å². The Kier molecular flexibility index (Phi) is 11.7. The van der Waals surface area contributed by atoms with E-state index < -0.39 is 0 Å². The predicted octanol–water partition coefficient (Wildman–Crippen LogP) is 23.0. The van der Waals surface area contributed by atoms with Gasteiger partial charge in [-0.2, -0.15) is 0 Å². The van der Waals surface area contributed by atoms with E-state index in [9.17, 15) is 0 Å². The number of hydrogen-bond acceptors (Lipinski definition) is 0. The van der Waals surface area contributed by atoms with Gasteiger partial charge >= 0.3 is 0 Å². The number of fused-ring (bicyclic) bond motifs is 12. The van der Waals surface area contributed by atoms with Gasteiger partial charge in [-0.3, -0.25) is 0 Å². The third-order valence-electron chi connectivity index (χ3n) is 19.6. The molecule has 0 amide bonds. The minimum atomic E-state index is -0.182. The van der Waals surface area contributed by atoms with Gasteiger partial charge in [-0.1, -0.05) is 246 Å². The smallest absolute Gasteiger partial charge is 0.0541 e. The molecule has 17 rings (SSSR count). The summed E-state index contributed by atoms with van der Waals surface area (Å²) in [5.41, 5.74) is 32.4. The second-order valence-electron chi connectivity index (χ2n) is 25.3. The largest absolute Gasteiger partial charge is 0.309 e. The minimum Gasteiger partial charge on any atom is -0.309 e. The second kappa shape index (κ2) is 19.9. The van der Waals surface area contributed by atoms with Crippen molar-refractivity contribution >= 4 is 55.8 Å². The molecule has 2 aliphatic carbocycles. The Morgan fingerprint density at radius 1 is 0.227 bits per heavy atom. The fourth-order valence-electron chi connectivity index (χ4n) is 14.8. The number of rotatable bonds is 9. The molecule has 88 heavy (non-hydrogen) atoms. The van der Waals surface area contributed by atoms with E-state index in [1.165, 1.54) is 161 Å². The fraction of sp³-hybridized carbons (Fsp3) is 0.0698. The first-order valence-electron chi connectivity index (χ1n) is 30.9. The monoisotopic (exact) mass is 1120 g/mol. The van der Waals surface area contributed by atoms with E-state index in [2.05, 4.69) is 340 Å². The van der Waals surface area contributed by atoms with E-state index in [1.807, 2.05) is 0 Å². The van der Waals surface area contributed by atoms with Crippen molar-refractivity contribution in [3.63, 3.8) is 0 Å². The Bertz CT molecular complexity index is 5320. The molecule has 0 bridgehead atoms. The third kappa shape index (κ3) is 8.24. The maximum Gasteiger partial charge on any atom is 0.0541 e. The Morgan fingerprint density at radius 3 is 0.943 bits per heavy atom. The Labute approximate surface area is 514 Å². The van der Waals surface area contributed by atoms with Gasteiger partial charge in [0.2, 0.25) is 0 Å². The maximum absolute atomic E-state index is 2.47. The van der Waals surface area contributed by atoms with Crippen molar-refractivity contribution in [2.24, 2.45) is 0 Å². The summed E-state index contributed by atoms with van der Waals surface area (Å²) in [6.07, 6.45) is 4.43. The average Bonchev–Trinajstić information content (AvgIpc) is 1.66. The number of benzene rings is 13. The molecule has 15 aromatic rings. The van der Waals surface area contributed by atoms with Gasteiger partial charge in [0.05, 0.1) is 22.1 Å². The molecule has 0 spiro atoms. The Balaban J connectivity index is 0.598. The van der Waals surface area contributed by atoms with Crippen LogP contribution in [0.4, 0.5) is 0 Å². The van der Waals surface area contributed by atoms with Crippen LogP contribution in [0, 0.1) is 0 Å². The van der Waals surface area contributed by atoms with E-state index in [4.69, 9.17) is 0 Å². The van der Waals surface area contributed by atoms with Crippen LogP contribution < -0.4 is 0 Å². The van der Waals surface area contributed by atoms with E-state index in [0.717, 1.165) is 5.69 Å². The quantitative estimate of drug-likeness (QED) is 0.128.